The van der Waals surface area contributed by atoms with E-state index in [1.807, 2.05) is 41.3 Å². The van der Waals surface area contributed by atoms with Crippen molar-refractivity contribution in [3.8, 4) is 11.5 Å². The topological polar surface area (TPSA) is 38.8 Å². The van der Waals surface area contributed by atoms with Crippen LogP contribution in [0.1, 0.15) is 16.5 Å². The second-order valence-electron chi connectivity index (χ2n) is 5.29. The summed E-state index contributed by atoms with van der Waals surface area (Å²) in [6.45, 7) is 0.561. The van der Waals surface area contributed by atoms with Crippen molar-refractivity contribution in [3.63, 3.8) is 0 Å². The summed E-state index contributed by atoms with van der Waals surface area (Å²) < 4.78 is 10.6. The van der Waals surface area contributed by atoms with Crippen molar-refractivity contribution in [3.05, 3.63) is 59.7 Å². The minimum Gasteiger partial charge on any atom is -0.493 e. The number of methoxy groups -OCH3 is 2. The highest BCUT2D eigenvalue weighted by molar-refractivity contribution is 8.00. The van der Waals surface area contributed by atoms with Crippen LogP contribution in [0.15, 0.2) is 48.5 Å². The molecular weight excluding hydrogens is 310 g/mol. The molecule has 0 bridgehead atoms. The summed E-state index contributed by atoms with van der Waals surface area (Å²) >= 11 is 1.67. The third kappa shape index (κ3) is 3.29. The number of nitrogens with zero attached hydrogens (tertiary/aromatic N) is 1. The molecule has 0 saturated carbocycles. The maximum Gasteiger partial charge on any atom is 0.234 e. The molecule has 0 spiro atoms. The summed E-state index contributed by atoms with van der Waals surface area (Å²) in [7, 11) is 3.23. The maximum absolute atomic E-state index is 12.3. The van der Waals surface area contributed by atoms with Crippen molar-refractivity contribution >= 4 is 17.7 Å². The van der Waals surface area contributed by atoms with Crippen molar-refractivity contribution < 1.29 is 14.3 Å². The molecule has 120 valence electrons. The van der Waals surface area contributed by atoms with Crippen molar-refractivity contribution in [1.82, 2.24) is 4.90 Å². The van der Waals surface area contributed by atoms with Crippen LogP contribution in [0.5, 0.6) is 11.5 Å². The number of amides is 1. The van der Waals surface area contributed by atoms with Gasteiger partial charge in [0, 0.05) is 6.54 Å². The third-order valence-corrected chi connectivity index (χ3v) is 5.11. The number of hydrogen-bond acceptors (Lipinski definition) is 4. The Labute approximate surface area is 140 Å². The van der Waals surface area contributed by atoms with Crippen LogP contribution in [0.4, 0.5) is 0 Å². The van der Waals surface area contributed by atoms with E-state index >= 15 is 0 Å². The lowest BCUT2D eigenvalue weighted by Gasteiger charge is -2.24. The molecule has 5 heteroatoms. The Bertz CT molecular complexity index is 690. The number of rotatable bonds is 5. The molecule has 2 aromatic rings. The van der Waals surface area contributed by atoms with Gasteiger partial charge in [-0.1, -0.05) is 36.4 Å². The minimum absolute atomic E-state index is 0.0665. The highest BCUT2D eigenvalue weighted by Crippen LogP contribution is 2.40. The summed E-state index contributed by atoms with van der Waals surface area (Å²) in [4.78, 5) is 14.2. The molecule has 2 aromatic carbocycles. The van der Waals surface area contributed by atoms with Gasteiger partial charge in [0.15, 0.2) is 11.5 Å². The molecule has 4 nitrogen and oxygen atoms in total. The molecule has 0 aliphatic carbocycles. The molecule has 1 saturated heterocycles. The zero-order valence-electron chi connectivity index (χ0n) is 13.2. The second kappa shape index (κ2) is 6.96. The lowest BCUT2D eigenvalue weighted by molar-refractivity contribution is -0.128. The summed E-state index contributed by atoms with van der Waals surface area (Å²) in [5, 5.41) is 0.0665. The SMILES string of the molecule is COc1ccc(CN2C(=O)CSC2c2ccccc2)cc1OC. The quantitative estimate of drug-likeness (QED) is 0.842. The molecule has 1 amide bonds. The Kier molecular flexibility index (Phi) is 4.76. The van der Waals surface area contributed by atoms with Gasteiger partial charge in [0.1, 0.15) is 5.37 Å². The van der Waals surface area contributed by atoms with E-state index < -0.39 is 0 Å². The van der Waals surface area contributed by atoms with E-state index in [4.69, 9.17) is 9.47 Å². The number of ether oxygens (including phenoxy) is 2. The first-order chi connectivity index (χ1) is 11.2. The Balaban J connectivity index is 1.84. The Morgan fingerprint density at radius 2 is 1.83 bits per heavy atom. The van der Waals surface area contributed by atoms with Crippen molar-refractivity contribution in [2.24, 2.45) is 0 Å². The molecular formula is C18H19NO3S. The number of carbonyl (C=O) groups is 1. The molecule has 1 aliphatic rings. The van der Waals surface area contributed by atoms with Gasteiger partial charge in [-0.25, -0.2) is 0 Å². The van der Waals surface area contributed by atoms with Gasteiger partial charge in [-0.2, -0.15) is 0 Å². The van der Waals surface area contributed by atoms with Gasteiger partial charge in [-0.3, -0.25) is 4.79 Å². The van der Waals surface area contributed by atoms with Crippen LogP contribution >= 0.6 is 11.8 Å². The second-order valence-corrected chi connectivity index (χ2v) is 6.35. The standard InChI is InChI=1S/C18H19NO3S/c1-21-15-9-8-13(10-16(15)22-2)11-19-17(20)12-23-18(19)14-6-4-3-5-7-14/h3-10,18H,11-12H2,1-2H3. The van der Waals surface area contributed by atoms with Crippen LogP contribution in [0.3, 0.4) is 0 Å². The fourth-order valence-corrected chi connectivity index (χ4v) is 3.88. The Hall–Kier alpha value is -2.14. The van der Waals surface area contributed by atoms with Crippen LogP contribution in [0, 0.1) is 0 Å². The molecule has 0 aromatic heterocycles. The van der Waals surface area contributed by atoms with Gasteiger partial charge in [-0.05, 0) is 23.3 Å². The summed E-state index contributed by atoms with van der Waals surface area (Å²) in [5.41, 5.74) is 2.18. The highest BCUT2D eigenvalue weighted by Gasteiger charge is 2.32. The Morgan fingerprint density at radius 3 is 2.52 bits per heavy atom. The maximum atomic E-state index is 12.3. The average molecular weight is 329 g/mol. The zero-order chi connectivity index (χ0) is 16.2. The fraction of sp³-hybridized carbons (Fsp3) is 0.278. The van der Waals surface area contributed by atoms with E-state index in [9.17, 15) is 4.79 Å². The summed E-state index contributed by atoms with van der Waals surface area (Å²) in [6, 6.07) is 15.9. The third-order valence-electron chi connectivity index (χ3n) is 3.85. The molecule has 1 fully saturated rings. The van der Waals surface area contributed by atoms with Gasteiger partial charge >= 0.3 is 0 Å². The summed E-state index contributed by atoms with van der Waals surface area (Å²) in [6.07, 6.45) is 0. The van der Waals surface area contributed by atoms with Gasteiger partial charge < -0.3 is 14.4 Å². The van der Waals surface area contributed by atoms with E-state index in [2.05, 4.69) is 12.1 Å². The van der Waals surface area contributed by atoms with Crippen molar-refractivity contribution in [1.29, 1.82) is 0 Å². The predicted octanol–water partition coefficient (Wildman–Crippen LogP) is 3.48. The van der Waals surface area contributed by atoms with Crippen LogP contribution < -0.4 is 9.47 Å². The van der Waals surface area contributed by atoms with Crippen LogP contribution in [-0.2, 0) is 11.3 Å². The van der Waals surface area contributed by atoms with E-state index in [1.54, 1.807) is 26.0 Å². The van der Waals surface area contributed by atoms with Crippen LogP contribution in [-0.4, -0.2) is 30.8 Å². The van der Waals surface area contributed by atoms with Crippen molar-refractivity contribution in [2.75, 3.05) is 20.0 Å². The lowest BCUT2D eigenvalue weighted by Crippen LogP contribution is -2.27. The van der Waals surface area contributed by atoms with Crippen molar-refractivity contribution in [2.45, 2.75) is 11.9 Å². The fourth-order valence-electron chi connectivity index (χ4n) is 2.69. The van der Waals surface area contributed by atoms with E-state index in [0.717, 1.165) is 11.1 Å². The van der Waals surface area contributed by atoms with E-state index in [1.165, 1.54) is 0 Å². The molecule has 1 heterocycles. The molecule has 1 unspecified atom stereocenters. The zero-order valence-corrected chi connectivity index (χ0v) is 14.0. The number of benzene rings is 2. The highest BCUT2D eigenvalue weighted by atomic mass is 32.2. The predicted molar refractivity (Wildman–Crippen MR) is 91.7 cm³/mol. The normalized spacial score (nSPS) is 17.4. The van der Waals surface area contributed by atoms with Crippen LogP contribution in [0.25, 0.3) is 0 Å². The van der Waals surface area contributed by atoms with Gasteiger partial charge in [0.2, 0.25) is 5.91 Å². The smallest absolute Gasteiger partial charge is 0.234 e. The van der Waals surface area contributed by atoms with Gasteiger partial charge in [0.05, 0.1) is 20.0 Å². The van der Waals surface area contributed by atoms with Gasteiger partial charge in [0.25, 0.3) is 0 Å². The monoisotopic (exact) mass is 329 g/mol. The van der Waals surface area contributed by atoms with E-state index in [0.29, 0.717) is 23.8 Å². The van der Waals surface area contributed by atoms with E-state index in [-0.39, 0.29) is 11.3 Å². The molecule has 0 radical (unpaired) electrons. The molecule has 1 aliphatic heterocycles. The number of hydrogen-bond donors (Lipinski definition) is 0. The minimum atomic E-state index is 0.0665. The first-order valence-electron chi connectivity index (χ1n) is 7.40. The molecule has 1 atom stereocenters. The number of thioether (sulfide) groups is 1. The average Bonchev–Trinajstić information content (AvgIpc) is 2.96. The molecule has 0 N–H and O–H groups in total. The molecule has 23 heavy (non-hydrogen) atoms. The first kappa shape index (κ1) is 15.7. The number of carbonyl (C=O) groups excluding carboxylic acids is 1. The van der Waals surface area contributed by atoms with Gasteiger partial charge in [-0.15, -0.1) is 11.8 Å². The summed E-state index contributed by atoms with van der Waals surface area (Å²) in [5.74, 6) is 2.06. The molecule has 3 rings (SSSR count). The largest absolute Gasteiger partial charge is 0.493 e. The lowest BCUT2D eigenvalue weighted by atomic mass is 10.1. The van der Waals surface area contributed by atoms with Crippen LogP contribution in [0.2, 0.25) is 0 Å². The first-order valence-corrected chi connectivity index (χ1v) is 8.44. The Morgan fingerprint density at radius 1 is 1.09 bits per heavy atom.